The number of nitrogens with one attached hydrogen (secondary N) is 1. The van der Waals surface area contributed by atoms with E-state index in [1.54, 1.807) is 0 Å². The van der Waals surface area contributed by atoms with Crippen molar-refractivity contribution in [1.29, 1.82) is 0 Å². The Morgan fingerprint density at radius 1 is 0.333 bits per heavy atom. The maximum atomic E-state index is 12.5. The Morgan fingerprint density at radius 3 is 0.877 bits per heavy atom. The van der Waals surface area contributed by atoms with Gasteiger partial charge in [-0.1, -0.05) is 379 Å². The molecule has 1 amide bonds. The number of allylic oxidation sites excluding steroid dienone is 2. The number of hydrogen-bond donors (Lipinski definition) is 3. The van der Waals surface area contributed by atoms with Crippen molar-refractivity contribution in [1.82, 2.24) is 5.32 Å². The van der Waals surface area contributed by atoms with E-state index < -0.39 is 12.1 Å². The van der Waals surface area contributed by atoms with E-state index in [4.69, 9.17) is 4.74 Å². The molecule has 0 fully saturated rings. The van der Waals surface area contributed by atoms with E-state index in [1.165, 1.54) is 360 Å². The van der Waals surface area contributed by atoms with Crippen molar-refractivity contribution in [3.8, 4) is 0 Å². The summed E-state index contributed by atoms with van der Waals surface area (Å²) in [5.74, 6) is -0.00573. The SMILES string of the molecule is CCCCCCCC/C=C\CCCCCCCCCCCC(=O)OCCCCCCCCCCCCCCCCCCCCCCCCCCCCCCCCCCCCCC(=O)NC(CO)C(O)CCCCCCCCCCCC. The van der Waals surface area contributed by atoms with Gasteiger partial charge in [-0.25, -0.2) is 0 Å². The number of hydrogen-bond acceptors (Lipinski definition) is 5. The first-order valence-electron chi connectivity index (χ1n) is 37.4. The van der Waals surface area contributed by atoms with Gasteiger partial charge in [0.25, 0.3) is 0 Å². The van der Waals surface area contributed by atoms with E-state index in [0.717, 1.165) is 38.5 Å². The normalized spacial score (nSPS) is 12.5. The molecule has 6 heteroatoms. The van der Waals surface area contributed by atoms with Crippen LogP contribution in [0, 0.1) is 0 Å². The maximum Gasteiger partial charge on any atom is 0.305 e. The topological polar surface area (TPSA) is 95.9 Å². The first kappa shape index (κ1) is 79.6. The van der Waals surface area contributed by atoms with Crippen LogP contribution < -0.4 is 5.32 Å². The number of aliphatic hydroxyl groups excluding tert-OH is 2. The van der Waals surface area contributed by atoms with Crippen LogP contribution in [0.1, 0.15) is 431 Å². The van der Waals surface area contributed by atoms with E-state index in [0.29, 0.717) is 25.9 Å². The van der Waals surface area contributed by atoms with Gasteiger partial charge in [-0.3, -0.25) is 9.59 Å². The highest BCUT2D eigenvalue weighted by Crippen LogP contribution is 2.20. The molecule has 0 aromatic rings. The number of unbranched alkanes of at least 4 members (excludes halogenated alkanes) is 58. The van der Waals surface area contributed by atoms with Crippen molar-refractivity contribution in [2.45, 2.75) is 443 Å². The molecule has 0 aliphatic rings. The molecule has 0 aromatic heterocycles. The van der Waals surface area contributed by atoms with E-state index in [9.17, 15) is 19.8 Å². The monoisotopic (exact) mass is 1140 g/mol. The van der Waals surface area contributed by atoms with Gasteiger partial charge in [0.05, 0.1) is 25.4 Å². The van der Waals surface area contributed by atoms with Crippen LogP contribution in [-0.2, 0) is 14.3 Å². The second-order valence-corrected chi connectivity index (χ2v) is 26.0. The van der Waals surface area contributed by atoms with Crippen LogP contribution in [0.5, 0.6) is 0 Å². The Hall–Kier alpha value is -1.40. The van der Waals surface area contributed by atoms with Crippen molar-refractivity contribution in [2.24, 2.45) is 0 Å². The second kappa shape index (κ2) is 71.1. The van der Waals surface area contributed by atoms with Gasteiger partial charge in [-0.2, -0.15) is 0 Å². The summed E-state index contributed by atoms with van der Waals surface area (Å²) in [4.78, 5) is 24.6. The fourth-order valence-corrected chi connectivity index (χ4v) is 12.1. The van der Waals surface area contributed by atoms with Gasteiger partial charge in [-0.05, 0) is 51.4 Å². The number of rotatable bonds is 71. The maximum absolute atomic E-state index is 12.5. The average Bonchev–Trinajstić information content (AvgIpc) is 3.47. The van der Waals surface area contributed by atoms with Crippen molar-refractivity contribution in [2.75, 3.05) is 13.2 Å². The molecular weight excluding hydrogens is 995 g/mol. The van der Waals surface area contributed by atoms with Gasteiger partial charge in [-0.15, -0.1) is 0 Å². The van der Waals surface area contributed by atoms with Crippen LogP contribution in [0.25, 0.3) is 0 Å². The van der Waals surface area contributed by atoms with Crippen molar-refractivity contribution >= 4 is 11.9 Å². The summed E-state index contributed by atoms with van der Waals surface area (Å²) < 4.78 is 5.52. The summed E-state index contributed by atoms with van der Waals surface area (Å²) in [6.45, 7) is 4.98. The number of carbonyl (C=O) groups excluding carboxylic acids is 2. The molecule has 0 bridgehead atoms. The third kappa shape index (κ3) is 67.6. The zero-order chi connectivity index (χ0) is 58.5. The summed E-state index contributed by atoms with van der Waals surface area (Å²) >= 11 is 0. The number of aliphatic hydroxyl groups is 2. The summed E-state index contributed by atoms with van der Waals surface area (Å²) in [5, 5.41) is 23.2. The zero-order valence-corrected chi connectivity index (χ0v) is 55.3. The van der Waals surface area contributed by atoms with Crippen molar-refractivity contribution in [3.63, 3.8) is 0 Å². The molecule has 2 atom stereocenters. The fraction of sp³-hybridized carbons (Fsp3) is 0.947. The number of carbonyl (C=O) groups is 2. The number of ether oxygens (including phenoxy) is 1. The van der Waals surface area contributed by atoms with Crippen LogP contribution in [0.15, 0.2) is 12.2 Å². The van der Waals surface area contributed by atoms with Gasteiger partial charge in [0, 0.05) is 12.8 Å². The minimum atomic E-state index is -0.658. The first-order valence-corrected chi connectivity index (χ1v) is 37.4. The lowest BCUT2D eigenvalue weighted by molar-refractivity contribution is -0.143. The highest BCUT2D eigenvalue weighted by Gasteiger charge is 2.20. The van der Waals surface area contributed by atoms with E-state index in [1.807, 2.05) is 0 Å². The Balaban J connectivity index is 3.26. The predicted octanol–water partition coefficient (Wildman–Crippen LogP) is 24.3. The summed E-state index contributed by atoms with van der Waals surface area (Å²) in [6.07, 6.45) is 88.8. The number of amides is 1. The second-order valence-electron chi connectivity index (χ2n) is 26.0. The van der Waals surface area contributed by atoms with Crippen LogP contribution in [-0.4, -0.2) is 47.4 Å². The minimum absolute atomic E-state index is 0.0231. The Labute approximate surface area is 508 Å². The highest BCUT2D eigenvalue weighted by atomic mass is 16.5. The lowest BCUT2D eigenvalue weighted by atomic mass is 10.0. The lowest BCUT2D eigenvalue weighted by Crippen LogP contribution is -2.45. The first-order chi connectivity index (χ1) is 40.0. The van der Waals surface area contributed by atoms with Crippen LogP contribution >= 0.6 is 0 Å². The third-order valence-corrected chi connectivity index (χ3v) is 17.8. The Bertz CT molecular complexity index is 1220. The van der Waals surface area contributed by atoms with E-state index in [-0.39, 0.29) is 18.5 Å². The number of esters is 1. The Kier molecular flexibility index (Phi) is 69.9. The molecular formula is C75H147NO5. The highest BCUT2D eigenvalue weighted by molar-refractivity contribution is 5.76. The van der Waals surface area contributed by atoms with Gasteiger partial charge in [0.15, 0.2) is 0 Å². The fourth-order valence-electron chi connectivity index (χ4n) is 12.1. The molecule has 0 saturated heterocycles. The van der Waals surface area contributed by atoms with E-state index in [2.05, 4.69) is 31.3 Å². The molecule has 0 aromatic carbocycles. The van der Waals surface area contributed by atoms with Gasteiger partial charge in [0.1, 0.15) is 0 Å². The molecule has 0 aliphatic carbocycles. The largest absolute Gasteiger partial charge is 0.466 e. The summed E-state index contributed by atoms with van der Waals surface area (Å²) in [5.41, 5.74) is 0. The molecule has 0 rings (SSSR count). The standard InChI is InChI=1S/C75H147NO5/c1-3-5-7-9-11-13-15-16-17-18-36-40-43-46-49-53-57-61-65-69-75(80)81-70-66-62-58-54-50-47-44-41-38-35-33-31-29-27-25-23-21-19-20-22-24-26-28-30-32-34-37-39-42-45-48-52-56-60-64-68-74(79)76-72(71-77)73(78)67-63-59-55-51-14-12-10-8-6-4-2/h16-17,72-73,77-78H,3-15,18-71H2,1-2H3,(H,76,79)/b17-16-. The molecule has 0 heterocycles. The smallest absolute Gasteiger partial charge is 0.305 e. The van der Waals surface area contributed by atoms with Crippen molar-refractivity contribution in [3.05, 3.63) is 12.2 Å². The van der Waals surface area contributed by atoms with E-state index >= 15 is 0 Å². The summed E-state index contributed by atoms with van der Waals surface area (Å²) in [7, 11) is 0. The van der Waals surface area contributed by atoms with Gasteiger partial charge < -0.3 is 20.3 Å². The Morgan fingerprint density at radius 2 is 0.580 bits per heavy atom. The minimum Gasteiger partial charge on any atom is -0.466 e. The molecule has 2 unspecified atom stereocenters. The van der Waals surface area contributed by atoms with Gasteiger partial charge in [0.2, 0.25) is 5.91 Å². The molecule has 6 nitrogen and oxygen atoms in total. The molecule has 0 radical (unpaired) electrons. The molecule has 81 heavy (non-hydrogen) atoms. The molecule has 482 valence electrons. The summed E-state index contributed by atoms with van der Waals surface area (Å²) in [6, 6.07) is -0.535. The predicted molar refractivity (Wildman–Crippen MR) is 357 cm³/mol. The van der Waals surface area contributed by atoms with Crippen LogP contribution in [0.2, 0.25) is 0 Å². The quantitative estimate of drug-likeness (QED) is 0.0320. The zero-order valence-electron chi connectivity index (χ0n) is 55.3. The van der Waals surface area contributed by atoms with Crippen molar-refractivity contribution < 1.29 is 24.5 Å². The van der Waals surface area contributed by atoms with Gasteiger partial charge >= 0.3 is 5.97 Å². The average molecular weight is 1140 g/mol. The third-order valence-electron chi connectivity index (χ3n) is 17.8. The molecule has 0 aliphatic heterocycles. The molecule has 3 N–H and O–H groups in total. The lowest BCUT2D eigenvalue weighted by Gasteiger charge is -2.22. The molecule has 0 spiro atoms. The molecule has 0 saturated carbocycles. The van der Waals surface area contributed by atoms with Crippen LogP contribution in [0.4, 0.5) is 0 Å². The van der Waals surface area contributed by atoms with Crippen LogP contribution in [0.3, 0.4) is 0 Å².